The molecule has 4 nitrogen and oxygen atoms in total. The zero-order valence-electron chi connectivity index (χ0n) is 3.63. The topological polar surface area (TPSA) is 86.0 Å². The van der Waals surface area contributed by atoms with Gasteiger partial charge in [-0.1, -0.05) is 0 Å². The molecule has 0 fully saturated rings. The fraction of sp³-hybridized carbons (Fsp3) is 0. The van der Waals surface area contributed by atoms with E-state index in [1.807, 2.05) is 0 Å². The van der Waals surface area contributed by atoms with Gasteiger partial charge in [0, 0.05) is 0 Å². The summed E-state index contributed by atoms with van der Waals surface area (Å²) in [5, 5.41) is 13.9. The summed E-state index contributed by atoms with van der Waals surface area (Å²) in [6, 6.07) is 0. The number of carbonyl (C=O) groups is 1. The van der Waals surface area contributed by atoms with Crippen LogP contribution in [-0.4, -0.2) is 62.5 Å². The van der Waals surface area contributed by atoms with Crippen LogP contribution >= 0.6 is 0 Å². The molecule has 0 aliphatic carbocycles. The molecule has 0 saturated heterocycles. The van der Waals surface area contributed by atoms with E-state index in [1.54, 1.807) is 0 Å². The summed E-state index contributed by atoms with van der Waals surface area (Å²) in [7, 11) is 0. The molecule has 0 atom stereocenters. The van der Waals surface area contributed by atoms with E-state index in [4.69, 9.17) is 15.0 Å². The van der Waals surface area contributed by atoms with E-state index in [1.165, 1.54) is 0 Å². The molecule has 6 heteroatoms. The monoisotopic (exact) mass is 126 g/mol. The molecule has 0 amide bonds. The van der Waals surface area contributed by atoms with Gasteiger partial charge in [-0.25, -0.2) is 4.79 Å². The summed E-state index contributed by atoms with van der Waals surface area (Å²) in [5.41, 5.74) is 0. The second kappa shape index (κ2) is 15.9. The minimum Gasteiger partial charge on any atom is -2.00 e. The van der Waals surface area contributed by atoms with Crippen LogP contribution in [0.2, 0.25) is 0 Å². The third-order valence-corrected chi connectivity index (χ3v) is 0. The second-order valence-electron chi connectivity index (χ2n) is 0.283. The van der Waals surface area contributed by atoms with Gasteiger partial charge in [0.1, 0.15) is 0 Å². The van der Waals surface area contributed by atoms with E-state index in [0.717, 1.165) is 0 Å². The molecule has 0 saturated carbocycles. The Bertz CT molecular complexity index is 32.7. The molecule has 0 radical (unpaired) electrons. The molecule has 0 aliphatic rings. The van der Waals surface area contributed by atoms with E-state index in [0.29, 0.717) is 0 Å². The second-order valence-corrected chi connectivity index (χ2v) is 0.283. The van der Waals surface area contributed by atoms with Crippen LogP contribution in [0.5, 0.6) is 0 Å². The maximum Gasteiger partial charge on any atom is 2.00 e. The Hall–Kier alpha value is 0.762. The van der Waals surface area contributed by atoms with E-state index < -0.39 is 6.16 Å². The quantitative estimate of drug-likeness (QED) is 0.423. The van der Waals surface area contributed by atoms with Crippen molar-refractivity contribution in [3.63, 3.8) is 0 Å². The first kappa shape index (κ1) is 25.1. The van der Waals surface area contributed by atoms with Crippen LogP contribution in [0.25, 0.3) is 0 Å². The molecular weight excluding hydrogens is 125 g/mol. The zero-order chi connectivity index (χ0) is 3.58. The van der Waals surface area contributed by atoms with Crippen LogP contribution in [0.1, 0.15) is 0 Å². The van der Waals surface area contributed by atoms with Crippen molar-refractivity contribution < 1.29 is 20.5 Å². The van der Waals surface area contributed by atoms with Crippen LogP contribution in [0, 0.1) is 0 Å². The van der Waals surface area contributed by atoms with Crippen molar-refractivity contribution in [1.29, 1.82) is 0 Å². The maximum atomic E-state index is 8.56. The standard InChI is InChI=1S/CH2O3.2Mg.O/c2-1(3)4;;;/h(H2,2,3,4);;;/q;2*+2;-2. The van der Waals surface area contributed by atoms with Crippen LogP contribution < -0.4 is 0 Å². The van der Waals surface area contributed by atoms with Crippen LogP contribution in [0.3, 0.4) is 0 Å². The molecular formula is CH2Mg2O4+2. The first-order chi connectivity index (χ1) is 1.73. The van der Waals surface area contributed by atoms with Crippen molar-refractivity contribution >= 4 is 52.3 Å². The van der Waals surface area contributed by atoms with Gasteiger partial charge in [0.2, 0.25) is 0 Å². The van der Waals surface area contributed by atoms with Crippen molar-refractivity contribution in [2.45, 2.75) is 0 Å². The Morgan fingerprint density at radius 1 is 1.14 bits per heavy atom. The zero-order valence-corrected chi connectivity index (χ0v) is 6.45. The molecule has 0 rings (SSSR count). The van der Waals surface area contributed by atoms with Gasteiger partial charge < -0.3 is 15.7 Å². The largest absolute Gasteiger partial charge is 2.00 e. The van der Waals surface area contributed by atoms with E-state index >= 15 is 0 Å². The van der Waals surface area contributed by atoms with Gasteiger partial charge in [-0.2, -0.15) is 0 Å². The molecule has 0 aromatic heterocycles. The average molecular weight is 127 g/mol. The maximum absolute atomic E-state index is 8.56. The van der Waals surface area contributed by atoms with E-state index in [-0.39, 0.29) is 51.6 Å². The Labute approximate surface area is 72.5 Å². The molecule has 0 aromatic rings. The predicted molar refractivity (Wildman–Crippen MR) is 22.8 cm³/mol. The van der Waals surface area contributed by atoms with Crippen molar-refractivity contribution in [2.75, 3.05) is 0 Å². The van der Waals surface area contributed by atoms with E-state index in [9.17, 15) is 0 Å². The first-order valence-corrected chi connectivity index (χ1v) is 0.651. The molecule has 0 aliphatic heterocycles. The summed E-state index contributed by atoms with van der Waals surface area (Å²) in [4.78, 5) is 8.56. The first-order valence-electron chi connectivity index (χ1n) is 0.651. The third kappa shape index (κ3) is 264. The summed E-state index contributed by atoms with van der Waals surface area (Å²) in [6.45, 7) is 0. The molecule has 32 valence electrons. The van der Waals surface area contributed by atoms with Crippen molar-refractivity contribution in [1.82, 2.24) is 0 Å². The Morgan fingerprint density at radius 2 is 1.14 bits per heavy atom. The predicted octanol–water partition coefficient (Wildman–Crippen LogP) is -0.658. The van der Waals surface area contributed by atoms with Gasteiger partial charge in [-0.15, -0.1) is 0 Å². The average Bonchev–Trinajstić information content (AvgIpc) is 0.811. The number of hydrogen-bond donors (Lipinski definition) is 2. The SMILES string of the molecule is O=C(O)O.[Mg+2].[Mg+2].[O-2]. The third-order valence-electron chi connectivity index (χ3n) is 0. The van der Waals surface area contributed by atoms with Gasteiger partial charge in [0.05, 0.1) is 0 Å². The van der Waals surface area contributed by atoms with Gasteiger partial charge in [0.15, 0.2) is 0 Å². The van der Waals surface area contributed by atoms with Crippen molar-refractivity contribution in [3.05, 3.63) is 0 Å². The number of hydrogen-bond acceptors (Lipinski definition) is 1. The van der Waals surface area contributed by atoms with Crippen LogP contribution in [0.4, 0.5) is 4.79 Å². The molecule has 7 heavy (non-hydrogen) atoms. The van der Waals surface area contributed by atoms with Crippen molar-refractivity contribution in [2.24, 2.45) is 0 Å². The molecule has 2 N–H and O–H groups in total. The molecule has 0 unspecified atom stereocenters. The van der Waals surface area contributed by atoms with Crippen LogP contribution in [-0.2, 0) is 5.48 Å². The van der Waals surface area contributed by atoms with Gasteiger partial charge in [0.25, 0.3) is 0 Å². The van der Waals surface area contributed by atoms with E-state index in [2.05, 4.69) is 0 Å². The Balaban J connectivity index is -0.0000000150. The fourth-order valence-electron chi connectivity index (χ4n) is 0. The Kier molecular flexibility index (Phi) is 56.8. The van der Waals surface area contributed by atoms with Crippen LogP contribution in [0.15, 0.2) is 0 Å². The van der Waals surface area contributed by atoms with Gasteiger partial charge in [-0.05, 0) is 0 Å². The van der Waals surface area contributed by atoms with Gasteiger partial charge in [-0.3, -0.25) is 0 Å². The molecule has 0 spiro atoms. The smallest absolute Gasteiger partial charge is 2.00 e. The summed E-state index contributed by atoms with van der Waals surface area (Å²) in [6.07, 6.45) is -1.83. The number of carboxylic acid groups (broad SMARTS) is 2. The summed E-state index contributed by atoms with van der Waals surface area (Å²) < 4.78 is 0. The molecule has 0 heterocycles. The minimum atomic E-state index is -1.83. The fourth-order valence-corrected chi connectivity index (χ4v) is 0. The van der Waals surface area contributed by atoms with Gasteiger partial charge >= 0.3 is 52.3 Å². The number of rotatable bonds is 0. The summed E-state index contributed by atoms with van der Waals surface area (Å²) >= 11 is 0. The molecule has 0 bridgehead atoms. The van der Waals surface area contributed by atoms with Crippen molar-refractivity contribution in [3.8, 4) is 0 Å². The normalized spacial score (nSPS) is 3.43. The molecule has 0 aromatic carbocycles. The Morgan fingerprint density at radius 3 is 1.14 bits per heavy atom. The summed E-state index contributed by atoms with van der Waals surface area (Å²) in [5.74, 6) is 0. The minimum absolute atomic E-state index is 0.